The van der Waals surface area contributed by atoms with Crippen molar-refractivity contribution in [2.75, 3.05) is 17.6 Å². The van der Waals surface area contributed by atoms with Gasteiger partial charge >= 0.3 is 0 Å². The van der Waals surface area contributed by atoms with Crippen LogP contribution in [0.15, 0.2) is 30.5 Å². The zero-order valence-electron chi connectivity index (χ0n) is 10.9. The average Bonchev–Trinajstić information content (AvgIpc) is 2.97. The Morgan fingerprint density at radius 1 is 1.45 bits per heavy atom. The second-order valence-electron chi connectivity index (χ2n) is 4.80. The monoisotopic (exact) mass is 289 g/mol. The van der Waals surface area contributed by atoms with Gasteiger partial charge in [-0.15, -0.1) is 0 Å². The SMILES string of the molecule is O=[N+]([O-])c1ccc(NCC2CCCS2)c2cccnc12. The minimum absolute atomic E-state index is 0.0568. The lowest BCUT2D eigenvalue weighted by Crippen LogP contribution is -2.13. The van der Waals surface area contributed by atoms with Crippen molar-refractivity contribution in [3.05, 3.63) is 40.6 Å². The summed E-state index contributed by atoms with van der Waals surface area (Å²) < 4.78 is 0. The predicted octanol–water partition coefficient (Wildman–Crippen LogP) is 3.45. The summed E-state index contributed by atoms with van der Waals surface area (Å²) in [6.45, 7) is 0.895. The predicted molar refractivity (Wildman–Crippen MR) is 82.4 cm³/mol. The summed E-state index contributed by atoms with van der Waals surface area (Å²) in [7, 11) is 0. The Hall–Kier alpha value is -1.82. The van der Waals surface area contributed by atoms with Crippen molar-refractivity contribution in [2.24, 2.45) is 0 Å². The molecular formula is C14H15N3O2S. The molecule has 1 aliphatic rings. The molecule has 5 nitrogen and oxygen atoms in total. The fourth-order valence-electron chi connectivity index (χ4n) is 2.49. The highest BCUT2D eigenvalue weighted by molar-refractivity contribution is 8.00. The van der Waals surface area contributed by atoms with Crippen molar-refractivity contribution in [1.82, 2.24) is 4.98 Å². The quantitative estimate of drug-likeness (QED) is 0.689. The van der Waals surface area contributed by atoms with E-state index in [1.165, 1.54) is 24.7 Å². The highest BCUT2D eigenvalue weighted by atomic mass is 32.2. The molecule has 1 N–H and O–H groups in total. The molecule has 1 aliphatic heterocycles. The first-order valence-electron chi connectivity index (χ1n) is 6.63. The number of anilines is 1. The molecule has 1 saturated heterocycles. The van der Waals surface area contributed by atoms with Crippen LogP contribution in [0.3, 0.4) is 0 Å². The Morgan fingerprint density at radius 3 is 3.10 bits per heavy atom. The number of aromatic nitrogens is 1. The fourth-order valence-corrected chi connectivity index (χ4v) is 3.69. The van der Waals surface area contributed by atoms with Crippen LogP contribution in [0.25, 0.3) is 10.9 Å². The van der Waals surface area contributed by atoms with Gasteiger partial charge in [-0.2, -0.15) is 11.8 Å². The Bertz CT molecular complexity index is 641. The van der Waals surface area contributed by atoms with Crippen molar-refractivity contribution in [3.8, 4) is 0 Å². The molecule has 1 aromatic heterocycles. The van der Waals surface area contributed by atoms with Crippen LogP contribution >= 0.6 is 11.8 Å². The maximum Gasteiger partial charge on any atom is 0.295 e. The largest absolute Gasteiger partial charge is 0.383 e. The van der Waals surface area contributed by atoms with E-state index in [1.54, 1.807) is 12.3 Å². The second kappa shape index (κ2) is 5.66. The van der Waals surface area contributed by atoms with Crippen molar-refractivity contribution < 1.29 is 4.92 Å². The molecule has 6 heteroatoms. The summed E-state index contributed by atoms with van der Waals surface area (Å²) in [4.78, 5) is 14.8. The molecule has 1 atom stereocenters. The molecular weight excluding hydrogens is 274 g/mol. The maximum atomic E-state index is 11.0. The third kappa shape index (κ3) is 2.56. The zero-order valence-corrected chi connectivity index (χ0v) is 11.7. The average molecular weight is 289 g/mol. The molecule has 104 valence electrons. The van der Waals surface area contributed by atoms with Crippen LogP contribution in [0.4, 0.5) is 11.4 Å². The van der Waals surface area contributed by atoms with Gasteiger partial charge in [0.1, 0.15) is 5.52 Å². The molecule has 0 aliphatic carbocycles. The van der Waals surface area contributed by atoms with E-state index in [9.17, 15) is 10.1 Å². The normalized spacial score (nSPS) is 18.3. The summed E-state index contributed by atoms with van der Waals surface area (Å²) in [5.41, 5.74) is 1.43. The van der Waals surface area contributed by atoms with E-state index >= 15 is 0 Å². The Labute approximate surface area is 120 Å². The fraction of sp³-hybridized carbons (Fsp3) is 0.357. The van der Waals surface area contributed by atoms with Gasteiger partial charge in [-0.1, -0.05) is 0 Å². The van der Waals surface area contributed by atoms with Crippen molar-refractivity contribution in [2.45, 2.75) is 18.1 Å². The molecule has 2 heterocycles. The van der Waals surface area contributed by atoms with Crippen LogP contribution in [-0.2, 0) is 0 Å². The number of thioether (sulfide) groups is 1. The Morgan fingerprint density at radius 2 is 2.35 bits per heavy atom. The first-order chi connectivity index (χ1) is 9.75. The molecule has 3 rings (SSSR count). The minimum atomic E-state index is -0.383. The van der Waals surface area contributed by atoms with Crippen molar-refractivity contribution >= 4 is 34.0 Å². The van der Waals surface area contributed by atoms with Crippen LogP contribution in [0.5, 0.6) is 0 Å². The number of fused-ring (bicyclic) bond motifs is 1. The third-order valence-corrected chi connectivity index (χ3v) is 4.89. The molecule has 0 bridgehead atoms. The number of nitrogens with zero attached hydrogens (tertiary/aromatic N) is 2. The van der Waals surface area contributed by atoms with E-state index in [4.69, 9.17) is 0 Å². The highest BCUT2D eigenvalue weighted by Gasteiger charge is 2.18. The first kappa shape index (κ1) is 13.2. The zero-order chi connectivity index (χ0) is 13.9. The van der Waals surface area contributed by atoms with Gasteiger partial charge < -0.3 is 5.32 Å². The molecule has 0 spiro atoms. The Balaban J connectivity index is 1.91. The summed E-state index contributed by atoms with van der Waals surface area (Å²) in [5.74, 6) is 1.23. The number of rotatable bonds is 4. The van der Waals surface area contributed by atoms with E-state index in [0.717, 1.165) is 17.6 Å². The van der Waals surface area contributed by atoms with Crippen LogP contribution in [-0.4, -0.2) is 27.5 Å². The number of non-ortho nitro benzene ring substituents is 1. The molecule has 20 heavy (non-hydrogen) atoms. The van der Waals surface area contributed by atoms with Crippen LogP contribution < -0.4 is 5.32 Å². The van der Waals surface area contributed by atoms with Gasteiger partial charge in [-0.25, -0.2) is 4.98 Å². The lowest BCUT2D eigenvalue weighted by Gasteiger charge is -2.13. The number of pyridine rings is 1. The molecule has 1 aromatic carbocycles. The van der Waals surface area contributed by atoms with Crippen LogP contribution in [0, 0.1) is 10.1 Å². The number of hydrogen-bond donors (Lipinski definition) is 1. The van der Waals surface area contributed by atoms with Gasteiger partial charge in [0, 0.05) is 35.1 Å². The molecule has 0 saturated carbocycles. The topological polar surface area (TPSA) is 68.1 Å². The molecule has 2 aromatic rings. The van der Waals surface area contributed by atoms with Gasteiger partial charge in [0.05, 0.1) is 4.92 Å². The van der Waals surface area contributed by atoms with E-state index < -0.39 is 0 Å². The van der Waals surface area contributed by atoms with Gasteiger partial charge in [0.2, 0.25) is 0 Å². The number of hydrogen-bond acceptors (Lipinski definition) is 5. The highest BCUT2D eigenvalue weighted by Crippen LogP contribution is 2.31. The van der Waals surface area contributed by atoms with Gasteiger partial charge in [0.15, 0.2) is 0 Å². The second-order valence-corrected chi connectivity index (χ2v) is 6.21. The van der Waals surface area contributed by atoms with E-state index in [-0.39, 0.29) is 10.6 Å². The van der Waals surface area contributed by atoms with Crippen LogP contribution in [0.1, 0.15) is 12.8 Å². The van der Waals surface area contributed by atoms with Crippen LogP contribution in [0.2, 0.25) is 0 Å². The summed E-state index contributed by atoms with van der Waals surface area (Å²) in [6.07, 6.45) is 4.10. The first-order valence-corrected chi connectivity index (χ1v) is 7.68. The lowest BCUT2D eigenvalue weighted by atomic mass is 10.1. The molecule has 0 amide bonds. The van der Waals surface area contributed by atoms with Crippen molar-refractivity contribution in [1.29, 1.82) is 0 Å². The molecule has 0 radical (unpaired) electrons. The summed E-state index contributed by atoms with van der Waals surface area (Å²) >= 11 is 1.99. The van der Waals surface area contributed by atoms with Gasteiger partial charge in [0.25, 0.3) is 5.69 Å². The van der Waals surface area contributed by atoms with Gasteiger partial charge in [-0.05, 0) is 36.8 Å². The lowest BCUT2D eigenvalue weighted by molar-refractivity contribution is -0.383. The molecule has 1 fully saturated rings. The minimum Gasteiger partial charge on any atom is -0.383 e. The smallest absolute Gasteiger partial charge is 0.295 e. The van der Waals surface area contributed by atoms with E-state index in [1.807, 2.05) is 23.9 Å². The number of nitrogens with one attached hydrogen (secondary N) is 1. The molecule has 1 unspecified atom stereocenters. The summed E-state index contributed by atoms with van der Waals surface area (Å²) in [6, 6.07) is 6.99. The maximum absolute atomic E-state index is 11.0. The number of nitro groups is 1. The standard InChI is InChI=1S/C14H15N3O2S/c18-17(19)13-6-5-12(11-4-1-7-15-14(11)13)16-9-10-3-2-8-20-10/h1,4-7,10,16H,2-3,8-9H2. The van der Waals surface area contributed by atoms with Gasteiger partial charge in [-0.3, -0.25) is 10.1 Å². The third-order valence-electron chi connectivity index (χ3n) is 3.49. The Kier molecular flexibility index (Phi) is 3.73. The number of nitro benzene ring substituents is 1. The van der Waals surface area contributed by atoms with Crippen molar-refractivity contribution in [3.63, 3.8) is 0 Å². The van der Waals surface area contributed by atoms with E-state index in [2.05, 4.69) is 10.3 Å². The summed E-state index contributed by atoms with van der Waals surface area (Å²) in [5, 5.41) is 15.9. The number of benzene rings is 1. The van der Waals surface area contributed by atoms with E-state index in [0.29, 0.717) is 10.8 Å².